The molecule has 1 heterocycles. The van der Waals surface area contributed by atoms with E-state index in [-0.39, 0.29) is 0 Å². The number of nitrogens with two attached hydrogens (primary N) is 1. The molecule has 0 saturated carbocycles. The second-order valence-electron chi connectivity index (χ2n) is 4.38. The summed E-state index contributed by atoms with van der Waals surface area (Å²) in [4.78, 5) is 11.4. The molecule has 4 heteroatoms. The zero-order valence-electron chi connectivity index (χ0n) is 10.3. The van der Waals surface area contributed by atoms with Crippen LogP contribution in [-0.2, 0) is 6.42 Å². The first-order valence-corrected chi connectivity index (χ1v) is 6.06. The lowest BCUT2D eigenvalue weighted by Crippen LogP contribution is -2.20. The molecule has 0 aliphatic carbocycles. The second kappa shape index (κ2) is 4.57. The number of carbonyl (C=O) groups excluding carboxylic acids is 1. The van der Waals surface area contributed by atoms with Crippen molar-refractivity contribution >= 4 is 16.9 Å². The summed E-state index contributed by atoms with van der Waals surface area (Å²) in [5.74, 6) is 0. The molecule has 0 aliphatic rings. The van der Waals surface area contributed by atoms with E-state index in [1.54, 1.807) is 0 Å². The first-order chi connectivity index (χ1) is 9.25. The number of para-hydroxylation sites is 1. The number of fused-ring (bicyclic) bond motifs is 1. The number of amides is 1. The standard InChI is InChI=1S/C15H13N3O/c16-15(19)18-14-9-5-4-8-12(14)13(17-18)10-11-6-2-1-3-7-11/h1-9H,10H2,(H2,16,19). The largest absolute Gasteiger partial charge is 0.350 e. The average Bonchev–Trinajstić information content (AvgIpc) is 2.79. The number of carbonyl (C=O) groups is 1. The van der Waals surface area contributed by atoms with Crippen LogP contribution in [0.4, 0.5) is 4.79 Å². The van der Waals surface area contributed by atoms with E-state index in [4.69, 9.17) is 5.73 Å². The topological polar surface area (TPSA) is 60.9 Å². The normalized spacial score (nSPS) is 10.7. The van der Waals surface area contributed by atoms with Gasteiger partial charge in [0.25, 0.3) is 0 Å². The predicted octanol–water partition coefficient (Wildman–Crippen LogP) is 2.55. The summed E-state index contributed by atoms with van der Waals surface area (Å²) in [6.07, 6.45) is 0.682. The second-order valence-corrected chi connectivity index (χ2v) is 4.38. The van der Waals surface area contributed by atoms with Gasteiger partial charge < -0.3 is 5.73 Å². The highest BCUT2D eigenvalue weighted by atomic mass is 16.2. The van der Waals surface area contributed by atoms with Gasteiger partial charge in [0.2, 0.25) is 0 Å². The molecule has 3 aromatic rings. The SMILES string of the molecule is NC(=O)n1nc(Cc2ccccc2)c2ccccc21. The van der Waals surface area contributed by atoms with Gasteiger partial charge in [-0.2, -0.15) is 9.78 Å². The maximum Gasteiger partial charge on any atom is 0.340 e. The van der Waals surface area contributed by atoms with Gasteiger partial charge in [0.1, 0.15) is 0 Å². The van der Waals surface area contributed by atoms with E-state index in [0.29, 0.717) is 6.42 Å². The van der Waals surface area contributed by atoms with E-state index in [1.165, 1.54) is 4.68 Å². The van der Waals surface area contributed by atoms with Crippen molar-refractivity contribution in [2.75, 3.05) is 0 Å². The molecule has 0 atom stereocenters. The maximum absolute atomic E-state index is 11.4. The maximum atomic E-state index is 11.4. The highest BCUT2D eigenvalue weighted by Crippen LogP contribution is 2.20. The first kappa shape index (κ1) is 11.5. The van der Waals surface area contributed by atoms with Crippen LogP contribution in [0.15, 0.2) is 54.6 Å². The Labute approximate surface area is 110 Å². The van der Waals surface area contributed by atoms with E-state index < -0.39 is 6.03 Å². The minimum absolute atomic E-state index is 0.560. The summed E-state index contributed by atoms with van der Waals surface area (Å²) in [5.41, 5.74) is 8.12. The van der Waals surface area contributed by atoms with Crippen molar-refractivity contribution in [3.05, 3.63) is 65.9 Å². The molecule has 2 aromatic carbocycles. The van der Waals surface area contributed by atoms with Crippen molar-refractivity contribution in [2.45, 2.75) is 6.42 Å². The Morgan fingerprint density at radius 1 is 1.05 bits per heavy atom. The first-order valence-electron chi connectivity index (χ1n) is 6.06. The van der Waals surface area contributed by atoms with Crippen molar-refractivity contribution in [1.82, 2.24) is 9.78 Å². The number of hydrogen-bond acceptors (Lipinski definition) is 2. The summed E-state index contributed by atoms with van der Waals surface area (Å²) < 4.78 is 1.26. The minimum Gasteiger partial charge on any atom is -0.350 e. The third-order valence-corrected chi connectivity index (χ3v) is 3.09. The summed E-state index contributed by atoms with van der Waals surface area (Å²) in [6.45, 7) is 0. The van der Waals surface area contributed by atoms with Crippen LogP contribution in [0, 0.1) is 0 Å². The third-order valence-electron chi connectivity index (χ3n) is 3.09. The fourth-order valence-electron chi connectivity index (χ4n) is 2.22. The van der Waals surface area contributed by atoms with Gasteiger partial charge in [-0.15, -0.1) is 0 Å². The lowest BCUT2D eigenvalue weighted by molar-refractivity contribution is 0.248. The molecule has 1 aromatic heterocycles. The van der Waals surface area contributed by atoms with E-state index in [2.05, 4.69) is 5.10 Å². The van der Waals surface area contributed by atoms with Gasteiger partial charge in [-0.05, 0) is 11.6 Å². The van der Waals surface area contributed by atoms with Crippen molar-refractivity contribution in [2.24, 2.45) is 5.73 Å². The molecule has 1 amide bonds. The Hall–Kier alpha value is -2.62. The molecule has 0 aliphatic heterocycles. The fourth-order valence-corrected chi connectivity index (χ4v) is 2.22. The highest BCUT2D eigenvalue weighted by Gasteiger charge is 2.13. The molecule has 0 fully saturated rings. The quantitative estimate of drug-likeness (QED) is 0.760. The Balaban J connectivity index is 2.11. The van der Waals surface area contributed by atoms with Crippen LogP contribution in [0.1, 0.15) is 11.3 Å². The van der Waals surface area contributed by atoms with Crippen LogP contribution >= 0.6 is 0 Å². The Bertz CT molecular complexity index is 731. The molecule has 0 saturated heterocycles. The van der Waals surface area contributed by atoms with E-state index in [0.717, 1.165) is 22.2 Å². The zero-order valence-corrected chi connectivity index (χ0v) is 10.3. The molecular formula is C15H13N3O. The third kappa shape index (κ3) is 2.08. The molecule has 0 spiro atoms. The van der Waals surface area contributed by atoms with Gasteiger partial charge in [0.05, 0.1) is 11.2 Å². The molecule has 4 nitrogen and oxygen atoms in total. The Morgan fingerprint density at radius 2 is 1.74 bits per heavy atom. The molecular weight excluding hydrogens is 238 g/mol. The lowest BCUT2D eigenvalue weighted by atomic mass is 10.1. The monoisotopic (exact) mass is 251 g/mol. The van der Waals surface area contributed by atoms with E-state index in [9.17, 15) is 4.79 Å². The number of hydrogen-bond donors (Lipinski definition) is 1. The molecule has 3 rings (SSSR count). The van der Waals surface area contributed by atoms with Crippen LogP contribution in [0.2, 0.25) is 0 Å². The number of rotatable bonds is 2. The van der Waals surface area contributed by atoms with Gasteiger partial charge in [0, 0.05) is 11.8 Å². The Morgan fingerprint density at radius 3 is 2.47 bits per heavy atom. The molecule has 0 unspecified atom stereocenters. The number of primary amides is 1. The Kier molecular flexibility index (Phi) is 2.76. The van der Waals surface area contributed by atoms with Crippen molar-refractivity contribution < 1.29 is 4.79 Å². The van der Waals surface area contributed by atoms with Gasteiger partial charge in [-0.1, -0.05) is 48.5 Å². The van der Waals surface area contributed by atoms with Gasteiger partial charge >= 0.3 is 6.03 Å². The number of benzene rings is 2. The predicted molar refractivity (Wildman–Crippen MR) is 74.0 cm³/mol. The smallest absolute Gasteiger partial charge is 0.340 e. The molecule has 0 radical (unpaired) electrons. The summed E-state index contributed by atoms with van der Waals surface area (Å²) in [6, 6.07) is 17.1. The number of nitrogens with zero attached hydrogens (tertiary/aromatic N) is 2. The van der Waals surface area contributed by atoms with Crippen LogP contribution in [0.3, 0.4) is 0 Å². The van der Waals surface area contributed by atoms with Gasteiger partial charge in [0.15, 0.2) is 0 Å². The lowest BCUT2D eigenvalue weighted by Gasteiger charge is -1.97. The minimum atomic E-state index is -0.560. The van der Waals surface area contributed by atoms with Crippen molar-refractivity contribution in [3.63, 3.8) is 0 Å². The molecule has 0 bridgehead atoms. The van der Waals surface area contributed by atoms with Crippen molar-refractivity contribution in [1.29, 1.82) is 0 Å². The van der Waals surface area contributed by atoms with Crippen LogP contribution in [0.25, 0.3) is 10.9 Å². The highest BCUT2D eigenvalue weighted by molar-refractivity contribution is 5.91. The van der Waals surface area contributed by atoms with Crippen LogP contribution < -0.4 is 5.73 Å². The zero-order chi connectivity index (χ0) is 13.2. The molecule has 19 heavy (non-hydrogen) atoms. The summed E-state index contributed by atoms with van der Waals surface area (Å²) >= 11 is 0. The number of aromatic nitrogens is 2. The van der Waals surface area contributed by atoms with Crippen LogP contribution in [-0.4, -0.2) is 15.8 Å². The summed E-state index contributed by atoms with van der Waals surface area (Å²) in [7, 11) is 0. The van der Waals surface area contributed by atoms with Crippen LogP contribution in [0.5, 0.6) is 0 Å². The fraction of sp³-hybridized carbons (Fsp3) is 0.0667. The molecule has 2 N–H and O–H groups in total. The van der Waals surface area contributed by atoms with Gasteiger partial charge in [-0.3, -0.25) is 0 Å². The average molecular weight is 251 g/mol. The van der Waals surface area contributed by atoms with Crippen molar-refractivity contribution in [3.8, 4) is 0 Å². The van der Waals surface area contributed by atoms with E-state index >= 15 is 0 Å². The summed E-state index contributed by atoms with van der Waals surface area (Å²) in [5, 5.41) is 5.29. The van der Waals surface area contributed by atoms with Gasteiger partial charge in [-0.25, -0.2) is 4.79 Å². The molecule has 94 valence electrons. The van der Waals surface area contributed by atoms with E-state index in [1.807, 2.05) is 54.6 Å².